The van der Waals surface area contributed by atoms with E-state index in [1.54, 1.807) is 7.11 Å². The van der Waals surface area contributed by atoms with Crippen molar-refractivity contribution in [2.24, 2.45) is 0 Å². The minimum Gasteiger partial charge on any atom is -0.383 e. The highest BCUT2D eigenvalue weighted by molar-refractivity contribution is 7.15. The number of aryl methyl sites for hydroxylation is 1. The molecule has 1 N–H and O–H groups in total. The molecule has 21 heavy (non-hydrogen) atoms. The molecular weight excluding hydrogens is 284 g/mol. The number of hydrogen-bond acceptors (Lipinski definition) is 6. The zero-order chi connectivity index (χ0) is 15.2. The molecule has 0 bridgehead atoms. The van der Waals surface area contributed by atoms with Crippen LogP contribution in [-0.4, -0.2) is 62.9 Å². The number of piperazine rings is 1. The van der Waals surface area contributed by atoms with E-state index >= 15 is 0 Å². The largest absolute Gasteiger partial charge is 0.383 e. The van der Waals surface area contributed by atoms with Gasteiger partial charge in [0.25, 0.3) is 0 Å². The summed E-state index contributed by atoms with van der Waals surface area (Å²) in [6, 6.07) is 0.536. The fourth-order valence-corrected chi connectivity index (χ4v) is 3.95. The van der Waals surface area contributed by atoms with Gasteiger partial charge >= 0.3 is 0 Å². The lowest BCUT2D eigenvalue weighted by atomic mass is 10.2. The summed E-state index contributed by atoms with van der Waals surface area (Å²) in [6.07, 6.45) is 1.000. The van der Waals surface area contributed by atoms with E-state index in [1.807, 2.05) is 11.3 Å². The molecule has 1 aromatic rings. The highest BCUT2D eigenvalue weighted by Crippen LogP contribution is 2.29. The summed E-state index contributed by atoms with van der Waals surface area (Å²) in [5.74, 6) is 0. The monoisotopic (exact) mass is 312 g/mol. The lowest BCUT2D eigenvalue weighted by molar-refractivity contribution is 0.199. The molecule has 1 aromatic heterocycles. The number of anilines is 1. The zero-order valence-electron chi connectivity index (χ0n) is 13.7. The van der Waals surface area contributed by atoms with Crippen molar-refractivity contribution in [2.75, 3.05) is 51.8 Å². The van der Waals surface area contributed by atoms with Crippen LogP contribution in [0.4, 0.5) is 5.13 Å². The van der Waals surface area contributed by atoms with Crippen LogP contribution in [0, 0.1) is 0 Å². The minimum absolute atomic E-state index is 0.536. The first-order valence-electron chi connectivity index (χ1n) is 7.79. The number of methoxy groups -OCH3 is 1. The molecular formula is C15H28N4OS. The summed E-state index contributed by atoms with van der Waals surface area (Å²) >= 11 is 1.85. The first-order valence-corrected chi connectivity index (χ1v) is 8.60. The molecule has 1 atom stereocenters. The molecule has 2 heterocycles. The molecule has 0 spiro atoms. The Morgan fingerprint density at radius 3 is 2.90 bits per heavy atom. The van der Waals surface area contributed by atoms with Crippen LogP contribution in [0.25, 0.3) is 0 Å². The molecule has 1 fully saturated rings. The maximum absolute atomic E-state index is 5.07. The fourth-order valence-electron chi connectivity index (χ4n) is 2.71. The van der Waals surface area contributed by atoms with Gasteiger partial charge in [-0.15, -0.1) is 11.3 Å². The molecule has 1 aliphatic heterocycles. The van der Waals surface area contributed by atoms with Gasteiger partial charge in [-0.25, -0.2) is 4.98 Å². The normalized spacial score (nSPS) is 20.2. The smallest absolute Gasteiger partial charge is 0.186 e. The Balaban J connectivity index is 2.02. The van der Waals surface area contributed by atoms with Crippen molar-refractivity contribution in [1.82, 2.24) is 15.2 Å². The van der Waals surface area contributed by atoms with E-state index in [0.717, 1.165) is 45.8 Å². The van der Waals surface area contributed by atoms with Crippen LogP contribution >= 0.6 is 11.3 Å². The highest BCUT2D eigenvalue weighted by atomic mass is 32.1. The first-order chi connectivity index (χ1) is 10.2. The molecule has 120 valence electrons. The average molecular weight is 312 g/mol. The lowest BCUT2D eigenvalue weighted by Crippen LogP contribution is -2.50. The van der Waals surface area contributed by atoms with Crippen LogP contribution in [0.2, 0.25) is 0 Å². The van der Waals surface area contributed by atoms with Gasteiger partial charge in [0.2, 0.25) is 0 Å². The standard InChI is InChI=1S/C15H28N4OS/c1-5-13-14(10-16-6-9-20-4)21-15(17-13)19-8-7-18(3)11-12(19)2/h12,16H,5-11H2,1-4H3. The minimum atomic E-state index is 0.536. The number of ether oxygens (including phenoxy) is 1. The maximum atomic E-state index is 5.07. The van der Waals surface area contributed by atoms with Crippen LogP contribution in [-0.2, 0) is 17.7 Å². The second kappa shape index (κ2) is 8.08. The second-order valence-electron chi connectivity index (χ2n) is 5.69. The Labute approximate surface area is 132 Å². The first kappa shape index (κ1) is 16.7. The van der Waals surface area contributed by atoms with E-state index in [0.29, 0.717) is 6.04 Å². The van der Waals surface area contributed by atoms with Gasteiger partial charge in [-0.2, -0.15) is 0 Å². The summed E-state index contributed by atoms with van der Waals surface area (Å²) < 4.78 is 5.07. The Hall–Kier alpha value is -0.690. The Kier molecular flexibility index (Phi) is 6.41. The molecule has 1 unspecified atom stereocenters. The summed E-state index contributed by atoms with van der Waals surface area (Å²) in [5, 5.41) is 4.62. The number of hydrogen-bond donors (Lipinski definition) is 1. The van der Waals surface area contributed by atoms with E-state index in [2.05, 4.69) is 36.0 Å². The van der Waals surface area contributed by atoms with Gasteiger partial charge in [-0.1, -0.05) is 6.92 Å². The molecule has 0 radical (unpaired) electrons. The second-order valence-corrected chi connectivity index (χ2v) is 6.76. The Bertz CT molecular complexity index is 437. The molecule has 2 rings (SSSR count). The molecule has 0 amide bonds. The quantitative estimate of drug-likeness (QED) is 0.774. The van der Waals surface area contributed by atoms with Crippen molar-refractivity contribution in [3.05, 3.63) is 10.6 Å². The van der Waals surface area contributed by atoms with Crippen molar-refractivity contribution in [1.29, 1.82) is 0 Å². The Morgan fingerprint density at radius 2 is 2.24 bits per heavy atom. The molecule has 6 heteroatoms. The lowest BCUT2D eigenvalue weighted by Gasteiger charge is -2.38. The summed E-state index contributed by atoms with van der Waals surface area (Å²) in [5.41, 5.74) is 1.24. The van der Waals surface area contributed by atoms with Gasteiger partial charge < -0.3 is 19.9 Å². The molecule has 0 aliphatic carbocycles. The van der Waals surface area contributed by atoms with Gasteiger partial charge in [0.15, 0.2) is 5.13 Å². The van der Waals surface area contributed by atoms with Gasteiger partial charge in [-0.05, 0) is 20.4 Å². The van der Waals surface area contributed by atoms with Gasteiger partial charge in [0.1, 0.15) is 0 Å². The highest BCUT2D eigenvalue weighted by Gasteiger charge is 2.24. The number of thiazole rings is 1. The predicted molar refractivity (Wildman–Crippen MR) is 89.4 cm³/mol. The van der Waals surface area contributed by atoms with Gasteiger partial charge in [-0.3, -0.25) is 0 Å². The Morgan fingerprint density at radius 1 is 1.43 bits per heavy atom. The molecule has 0 aromatic carbocycles. The SMILES string of the molecule is CCc1nc(N2CCN(C)CC2C)sc1CNCCOC. The predicted octanol–water partition coefficient (Wildman–Crippen LogP) is 1.58. The number of nitrogens with one attached hydrogen (secondary N) is 1. The summed E-state index contributed by atoms with van der Waals surface area (Å²) in [6.45, 7) is 10.3. The van der Waals surface area contributed by atoms with Crippen LogP contribution in [0.3, 0.4) is 0 Å². The van der Waals surface area contributed by atoms with E-state index in [1.165, 1.54) is 15.7 Å². The van der Waals surface area contributed by atoms with E-state index in [9.17, 15) is 0 Å². The third-order valence-corrected chi connectivity index (χ3v) is 5.08. The van der Waals surface area contributed by atoms with Crippen molar-refractivity contribution in [2.45, 2.75) is 32.9 Å². The van der Waals surface area contributed by atoms with Crippen LogP contribution in [0.5, 0.6) is 0 Å². The van der Waals surface area contributed by atoms with Crippen LogP contribution in [0.15, 0.2) is 0 Å². The van der Waals surface area contributed by atoms with E-state index in [4.69, 9.17) is 9.72 Å². The number of likely N-dealkylation sites (N-methyl/N-ethyl adjacent to an activating group) is 1. The number of rotatable bonds is 7. The van der Waals surface area contributed by atoms with Crippen LogP contribution < -0.4 is 10.2 Å². The average Bonchev–Trinajstić information content (AvgIpc) is 2.86. The van der Waals surface area contributed by atoms with Crippen LogP contribution in [0.1, 0.15) is 24.4 Å². The zero-order valence-corrected chi connectivity index (χ0v) is 14.5. The molecule has 5 nitrogen and oxygen atoms in total. The topological polar surface area (TPSA) is 40.6 Å². The molecule has 1 saturated heterocycles. The number of nitrogens with zero attached hydrogens (tertiary/aromatic N) is 3. The van der Waals surface area contributed by atoms with Crippen molar-refractivity contribution in [3.63, 3.8) is 0 Å². The summed E-state index contributed by atoms with van der Waals surface area (Å²) in [4.78, 5) is 11.1. The fraction of sp³-hybridized carbons (Fsp3) is 0.800. The van der Waals surface area contributed by atoms with Crippen molar-refractivity contribution in [3.8, 4) is 0 Å². The maximum Gasteiger partial charge on any atom is 0.186 e. The van der Waals surface area contributed by atoms with E-state index in [-0.39, 0.29) is 0 Å². The van der Waals surface area contributed by atoms with Gasteiger partial charge in [0.05, 0.1) is 12.3 Å². The third kappa shape index (κ3) is 4.39. The molecule has 1 aliphatic rings. The molecule has 0 saturated carbocycles. The third-order valence-electron chi connectivity index (χ3n) is 3.95. The van der Waals surface area contributed by atoms with E-state index < -0.39 is 0 Å². The van der Waals surface area contributed by atoms with Crippen molar-refractivity contribution >= 4 is 16.5 Å². The number of aromatic nitrogens is 1. The summed E-state index contributed by atoms with van der Waals surface area (Å²) in [7, 11) is 3.93. The van der Waals surface area contributed by atoms with Crippen molar-refractivity contribution < 1.29 is 4.74 Å². The van der Waals surface area contributed by atoms with Gasteiger partial charge in [0, 0.05) is 50.8 Å².